The predicted octanol–water partition coefficient (Wildman–Crippen LogP) is 5.56. The molecular formula is C32H36N6O5. The summed E-state index contributed by atoms with van der Waals surface area (Å²) in [5.74, 6) is 1.06. The van der Waals surface area contributed by atoms with Gasteiger partial charge in [0.2, 0.25) is 5.82 Å². The fourth-order valence-electron chi connectivity index (χ4n) is 5.25. The van der Waals surface area contributed by atoms with Gasteiger partial charge in [0.25, 0.3) is 0 Å². The zero-order chi connectivity index (χ0) is 30.2. The number of aryl methyl sites for hydroxylation is 2. The van der Waals surface area contributed by atoms with E-state index in [0.29, 0.717) is 12.4 Å². The van der Waals surface area contributed by atoms with E-state index in [0.717, 1.165) is 77.1 Å². The lowest BCUT2D eigenvalue weighted by Crippen LogP contribution is -2.17. The molecule has 0 saturated heterocycles. The number of benzene rings is 2. The third-order valence-corrected chi connectivity index (χ3v) is 7.14. The number of H-pyrrole nitrogens is 1. The van der Waals surface area contributed by atoms with Crippen molar-refractivity contribution in [1.82, 2.24) is 30.2 Å². The highest BCUT2D eigenvalue weighted by Crippen LogP contribution is 2.33. The second-order valence-electron chi connectivity index (χ2n) is 10.6. The molecule has 0 saturated carbocycles. The normalized spacial score (nSPS) is 13.9. The van der Waals surface area contributed by atoms with Crippen LogP contribution in [0.4, 0.5) is 4.79 Å². The van der Waals surface area contributed by atoms with Crippen molar-refractivity contribution in [1.29, 1.82) is 0 Å². The number of aromatic nitrogens is 6. The molecule has 2 heterocycles. The van der Waals surface area contributed by atoms with Crippen molar-refractivity contribution < 1.29 is 23.8 Å². The molecule has 0 fully saturated rings. The van der Waals surface area contributed by atoms with Crippen molar-refractivity contribution in [3.63, 3.8) is 0 Å². The van der Waals surface area contributed by atoms with Crippen molar-refractivity contribution >= 4 is 17.7 Å². The van der Waals surface area contributed by atoms with E-state index in [1.54, 1.807) is 19.9 Å². The first-order valence-corrected chi connectivity index (χ1v) is 14.6. The Morgan fingerprint density at radius 1 is 1.00 bits per heavy atom. The van der Waals surface area contributed by atoms with Crippen molar-refractivity contribution in [2.45, 2.75) is 65.5 Å². The molecule has 0 amide bonds. The Kier molecular flexibility index (Phi) is 9.60. The number of hydrogen-bond acceptors (Lipinski definition) is 9. The first-order chi connectivity index (χ1) is 20.9. The minimum absolute atomic E-state index is 0.0513. The third kappa shape index (κ3) is 7.35. The molecule has 0 bridgehead atoms. The number of nitrogens with zero attached hydrogens (tertiary/aromatic N) is 5. The zero-order valence-electron chi connectivity index (χ0n) is 24.7. The van der Waals surface area contributed by atoms with Crippen molar-refractivity contribution in [2.24, 2.45) is 0 Å². The summed E-state index contributed by atoms with van der Waals surface area (Å²) >= 11 is 0. The maximum atomic E-state index is 12.8. The fraction of sp³-hybridized carbons (Fsp3) is 0.375. The molecule has 11 nitrogen and oxygen atoms in total. The van der Waals surface area contributed by atoms with E-state index in [1.807, 2.05) is 24.3 Å². The van der Waals surface area contributed by atoms with E-state index >= 15 is 0 Å². The van der Waals surface area contributed by atoms with Crippen molar-refractivity contribution in [3.05, 3.63) is 77.4 Å². The van der Waals surface area contributed by atoms with Crippen molar-refractivity contribution in [2.75, 3.05) is 13.2 Å². The largest absolute Gasteiger partial charge is 0.508 e. The third-order valence-electron chi connectivity index (χ3n) is 7.14. The minimum atomic E-state index is -0.780. The van der Waals surface area contributed by atoms with Gasteiger partial charge in [-0.25, -0.2) is 14.6 Å². The fourth-order valence-corrected chi connectivity index (χ4v) is 5.25. The van der Waals surface area contributed by atoms with Crippen LogP contribution in [0.5, 0.6) is 0 Å². The van der Waals surface area contributed by atoms with E-state index in [2.05, 4.69) is 56.4 Å². The summed E-state index contributed by atoms with van der Waals surface area (Å²) in [5, 5.41) is 14.5. The van der Waals surface area contributed by atoms with Gasteiger partial charge in [-0.2, -0.15) is 5.21 Å². The van der Waals surface area contributed by atoms with Gasteiger partial charge in [0.1, 0.15) is 19.0 Å². The number of tetrazole rings is 1. The Hall–Kier alpha value is -4.80. The van der Waals surface area contributed by atoms with Crippen LogP contribution in [0.2, 0.25) is 0 Å². The van der Waals surface area contributed by atoms with Gasteiger partial charge in [0, 0.05) is 24.6 Å². The molecule has 1 N–H and O–H groups in total. The quantitative estimate of drug-likeness (QED) is 0.110. The van der Waals surface area contributed by atoms with Crippen LogP contribution in [0.25, 0.3) is 28.1 Å². The Bertz CT molecular complexity index is 1570. The molecule has 0 aliphatic heterocycles. The average molecular weight is 585 g/mol. The monoisotopic (exact) mass is 584 g/mol. The van der Waals surface area contributed by atoms with Gasteiger partial charge in [0.05, 0.1) is 17.5 Å². The molecular weight excluding hydrogens is 548 g/mol. The van der Waals surface area contributed by atoms with Crippen LogP contribution in [0.1, 0.15) is 62.8 Å². The summed E-state index contributed by atoms with van der Waals surface area (Å²) in [6, 6.07) is 16.4. The number of carbonyl (C=O) groups excluding carboxylic acids is 2. The number of fused-ring (bicyclic) bond motifs is 1. The van der Waals surface area contributed by atoms with Gasteiger partial charge in [0.15, 0.2) is 0 Å². The summed E-state index contributed by atoms with van der Waals surface area (Å²) in [5.41, 5.74) is 7.01. The zero-order valence-corrected chi connectivity index (χ0v) is 24.7. The van der Waals surface area contributed by atoms with Gasteiger partial charge in [-0.3, -0.25) is 0 Å². The maximum absolute atomic E-state index is 12.8. The number of imidazole rings is 1. The lowest BCUT2D eigenvalue weighted by Gasteiger charge is -2.15. The number of esters is 1. The van der Waals surface area contributed by atoms with Crippen LogP contribution in [0.15, 0.2) is 54.6 Å². The molecule has 4 aromatic rings. The van der Waals surface area contributed by atoms with Crippen LogP contribution in [-0.4, -0.2) is 61.6 Å². The number of hydrogen-bond donors (Lipinski definition) is 1. The smallest absolute Gasteiger partial charge is 0.459 e. The van der Waals surface area contributed by atoms with E-state index in [4.69, 9.17) is 19.2 Å². The molecule has 43 heavy (non-hydrogen) atoms. The number of carbonyl (C=O) groups is 2. The molecule has 2 aromatic heterocycles. The number of allylic oxidation sites excluding steroid dienone is 1. The molecule has 0 spiro atoms. The summed E-state index contributed by atoms with van der Waals surface area (Å²) in [4.78, 5) is 29.3. The molecule has 0 atom stereocenters. The van der Waals surface area contributed by atoms with Crippen LogP contribution in [-0.2, 0) is 38.4 Å². The van der Waals surface area contributed by atoms with Crippen molar-refractivity contribution in [3.8, 4) is 22.5 Å². The lowest BCUT2D eigenvalue weighted by atomic mass is 9.98. The van der Waals surface area contributed by atoms with Gasteiger partial charge in [-0.15, -0.1) is 10.2 Å². The minimum Gasteiger partial charge on any atom is -0.459 e. The second-order valence-corrected chi connectivity index (χ2v) is 10.6. The average Bonchev–Trinajstić information content (AvgIpc) is 3.61. The topological polar surface area (TPSA) is 134 Å². The molecule has 0 unspecified atom stereocenters. The summed E-state index contributed by atoms with van der Waals surface area (Å²) in [6.07, 6.45) is 4.84. The number of rotatable bonds is 10. The van der Waals surface area contributed by atoms with E-state index in [1.165, 1.54) is 0 Å². The highest BCUT2D eigenvalue weighted by Gasteiger charge is 2.23. The molecule has 224 valence electrons. The Labute approximate surface area is 250 Å². The first kappa shape index (κ1) is 29.7. The van der Waals surface area contributed by atoms with Crippen LogP contribution >= 0.6 is 0 Å². The van der Waals surface area contributed by atoms with Crippen LogP contribution < -0.4 is 0 Å². The molecule has 1 aliphatic carbocycles. The predicted molar refractivity (Wildman–Crippen MR) is 160 cm³/mol. The number of ether oxygens (including phenoxy) is 3. The van der Waals surface area contributed by atoms with E-state index < -0.39 is 12.1 Å². The SMILES string of the molecule is CCc1nc2c(n1Cc1ccc(-c3ccccc3-c3nn[nH]n3)cc1)C(=CC(=O)OCCOC(=O)OC(C)C)CCCC2. The first-order valence-electron chi connectivity index (χ1n) is 14.6. The second kappa shape index (κ2) is 13.9. The van der Waals surface area contributed by atoms with Gasteiger partial charge in [-0.05, 0) is 67.0 Å². The highest BCUT2D eigenvalue weighted by molar-refractivity contribution is 5.91. The molecule has 2 aromatic carbocycles. The van der Waals surface area contributed by atoms with E-state index in [9.17, 15) is 9.59 Å². The van der Waals surface area contributed by atoms with Gasteiger partial charge < -0.3 is 18.8 Å². The summed E-state index contributed by atoms with van der Waals surface area (Å²) < 4.78 is 17.5. The highest BCUT2D eigenvalue weighted by atomic mass is 16.7. The summed E-state index contributed by atoms with van der Waals surface area (Å²) in [6.45, 7) is 6.06. The Morgan fingerprint density at radius 2 is 1.74 bits per heavy atom. The standard InChI is InChI=1S/C32H36N6O5/c1-4-28-33-27-12-8-5-9-24(19-29(39)41-17-18-42-32(40)43-21(2)3)30(27)38(28)20-22-13-15-23(16-14-22)25-10-6-7-11-26(25)31-34-36-37-35-31/h6-7,10-11,13-16,19,21H,4-5,8-9,12,17-18,20H2,1-3H3,(H,34,35,36,37). The number of nitrogens with one attached hydrogen (secondary N) is 1. The Balaban J connectivity index is 1.34. The summed E-state index contributed by atoms with van der Waals surface area (Å²) in [7, 11) is 0. The molecule has 1 aliphatic rings. The van der Waals surface area contributed by atoms with Crippen LogP contribution in [0.3, 0.4) is 0 Å². The molecule has 11 heteroatoms. The van der Waals surface area contributed by atoms with E-state index in [-0.39, 0.29) is 19.3 Å². The molecule has 0 radical (unpaired) electrons. The van der Waals surface area contributed by atoms with Gasteiger partial charge >= 0.3 is 12.1 Å². The Morgan fingerprint density at radius 3 is 2.47 bits per heavy atom. The number of aromatic amines is 1. The molecule has 5 rings (SSSR count). The maximum Gasteiger partial charge on any atom is 0.508 e. The van der Waals surface area contributed by atoms with Gasteiger partial charge in [-0.1, -0.05) is 55.5 Å². The van der Waals surface area contributed by atoms with Crippen LogP contribution in [0, 0.1) is 0 Å². The lowest BCUT2D eigenvalue weighted by molar-refractivity contribution is -0.139.